The number of carbonyl (C=O) groups is 1. The lowest BCUT2D eigenvalue weighted by atomic mass is 10.0. The van der Waals surface area contributed by atoms with Gasteiger partial charge >= 0.3 is 0 Å². The minimum Gasteiger partial charge on any atom is -0.484 e. The summed E-state index contributed by atoms with van der Waals surface area (Å²) in [6, 6.07) is 13.5. The maximum absolute atomic E-state index is 12.5. The van der Waals surface area contributed by atoms with Crippen molar-refractivity contribution in [3.63, 3.8) is 0 Å². The molecule has 0 saturated carbocycles. The van der Waals surface area contributed by atoms with Gasteiger partial charge in [0.15, 0.2) is 0 Å². The molecule has 1 amide bonds. The number of rotatable bonds is 4. The lowest BCUT2D eigenvalue weighted by Gasteiger charge is -2.40. The van der Waals surface area contributed by atoms with E-state index < -0.39 is 0 Å². The van der Waals surface area contributed by atoms with Gasteiger partial charge in [-0.1, -0.05) is 19.1 Å². The van der Waals surface area contributed by atoms with Crippen LogP contribution in [0.1, 0.15) is 26.3 Å². The first-order chi connectivity index (χ1) is 11.9. The molecule has 0 spiro atoms. The number of ether oxygens (including phenoxy) is 1. The zero-order valence-corrected chi connectivity index (χ0v) is 15.0. The highest BCUT2D eigenvalue weighted by molar-refractivity contribution is 5.94. The van der Waals surface area contributed by atoms with Crippen molar-refractivity contribution in [3.05, 3.63) is 48.0 Å². The van der Waals surface area contributed by atoms with Crippen LogP contribution < -0.4 is 20.7 Å². The fourth-order valence-corrected chi connectivity index (χ4v) is 3.08. The van der Waals surface area contributed by atoms with Crippen LogP contribution in [0.2, 0.25) is 0 Å². The molecule has 1 aliphatic rings. The van der Waals surface area contributed by atoms with Crippen LogP contribution in [0.5, 0.6) is 5.75 Å². The number of carbonyl (C=O) groups excluding carboxylic acids is 1. The van der Waals surface area contributed by atoms with Crippen LogP contribution in [0.3, 0.4) is 0 Å². The van der Waals surface area contributed by atoms with Crippen molar-refractivity contribution in [1.82, 2.24) is 0 Å². The molecule has 132 valence electrons. The molecule has 25 heavy (non-hydrogen) atoms. The highest BCUT2D eigenvalue weighted by Gasteiger charge is 2.32. The highest BCUT2D eigenvalue weighted by Crippen LogP contribution is 2.38. The van der Waals surface area contributed by atoms with Crippen LogP contribution in [0.15, 0.2) is 42.5 Å². The predicted molar refractivity (Wildman–Crippen MR) is 102 cm³/mol. The Kier molecular flexibility index (Phi) is 4.57. The van der Waals surface area contributed by atoms with Crippen LogP contribution in [0.4, 0.5) is 17.1 Å². The summed E-state index contributed by atoms with van der Waals surface area (Å²) in [6.07, 6.45) is 0.981. The van der Waals surface area contributed by atoms with Crippen LogP contribution >= 0.6 is 0 Å². The molecule has 0 saturated heterocycles. The van der Waals surface area contributed by atoms with Gasteiger partial charge in [-0.25, -0.2) is 0 Å². The van der Waals surface area contributed by atoms with E-state index in [4.69, 9.17) is 10.5 Å². The Balaban J connectivity index is 1.74. The molecule has 5 heteroatoms. The van der Waals surface area contributed by atoms with Gasteiger partial charge in [0.25, 0.3) is 0 Å². The first kappa shape index (κ1) is 17.1. The zero-order chi connectivity index (χ0) is 18.0. The third-order valence-corrected chi connectivity index (χ3v) is 4.26. The summed E-state index contributed by atoms with van der Waals surface area (Å²) in [5, 5.41) is 2.96. The quantitative estimate of drug-likeness (QED) is 0.837. The Labute approximate surface area is 148 Å². The number of nitrogens with two attached hydrogens (primary N) is 1. The van der Waals surface area contributed by atoms with Crippen LogP contribution in [0.25, 0.3) is 0 Å². The number of aryl methyl sites for hydroxylation is 1. The van der Waals surface area contributed by atoms with Crippen molar-refractivity contribution in [2.75, 3.05) is 29.0 Å². The van der Waals surface area contributed by atoms with Crippen LogP contribution in [-0.4, -0.2) is 24.6 Å². The number of hydrogen-bond acceptors (Lipinski definition) is 4. The summed E-state index contributed by atoms with van der Waals surface area (Å²) in [6.45, 7) is 7.00. The van der Waals surface area contributed by atoms with Gasteiger partial charge in [0.05, 0.1) is 18.8 Å². The van der Waals surface area contributed by atoms with Gasteiger partial charge in [-0.15, -0.1) is 0 Å². The zero-order valence-electron chi connectivity index (χ0n) is 15.0. The first-order valence-corrected chi connectivity index (χ1v) is 8.58. The normalized spacial score (nSPS) is 15.2. The van der Waals surface area contributed by atoms with Gasteiger partial charge in [0.1, 0.15) is 11.4 Å². The fourth-order valence-electron chi connectivity index (χ4n) is 3.08. The number of amides is 1. The number of hydrogen-bond donors (Lipinski definition) is 2. The number of benzene rings is 2. The second-order valence-corrected chi connectivity index (χ2v) is 7.04. The Morgan fingerprint density at radius 1 is 1.24 bits per heavy atom. The Bertz CT molecular complexity index is 769. The van der Waals surface area contributed by atoms with Crippen molar-refractivity contribution in [2.24, 2.45) is 0 Å². The van der Waals surface area contributed by atoms with E-state index in [1.165, 1.54) is 5.56 Å². The monoisotopic (exact) mass is 339 g/mol. The standard InChI is InChI=1S/C20H25N3O2/c1-4-14-5-8-16(9-6-14)22-19(24)12-23-13-20(2,3)25-18-10-7-15(21)11-17(18)23/h5-11H,4,12-13,21H2,1-3H3,(H,22,24). The minimum atomic E-state index is -0.369. The SMILES string of the molecule is CCc1ccc(NC(=O)CN2CC(C)(C)Oc3ccc(N)cc32)cc1. The van der Waals surface area contributed by atoms with Gasteiger partial charge in [-0.05, 0) is 56.2 Å². The summed E-state index contributed by atoms with van der Waals surface area (Å²) in [5.41, 5.74) is 9.11. The molecule has 2 aromatic carbocycles. The molecular weight excluding hydrogens is 314 g/mol. The Morgan fingerprint density at radius 2 is 1.96 bits per heavy atom. The van der Waals surface area contributed by atoms with Crippen molar-refractivity contribution >= 4 is 23.0 Å². The Hall–Kier alpha value is -2.69. The van der Waals surface area contributed by atoms with Gasteiger partial charge in [0, 0.05) is 11.4 Å². The topological polar surface area (TPSA) is 67.6 Å². The first-order valence-electron chi connectivity index (χ1n) is 8.58. The van der Waals surface area contributed by atoms with Gasteiger partial charge in [-0.3, -0.25) is 4.79 Å². The maximum atomic E-state index is 12.5. The second kappa shape index (κ2) is 6.67. The molecule has 0 aromatic heterocycles. The van der Waals surface area contributed by atoms with E-state index in [2.05, 4.69) is 12.2 Å². The summed E-state index contributed by atoms with van der Waals surface area (Å²) in [4.78, 5) is 14.5. The number of nitrogens with one attached hydrogen (secondary N) is 1. The molecular formula is C20H25N3O2. The van der Waals surface area contributed by atoms with Crippen molar-refractivity contribution in [1.29, 1.82) is 0 Å². The highest BCUT2D eigenvalue weighted by atomic mass is 16.5. The third kappa shape index (κ3) is 4.05. The van der Waals surface area contributed by atoms with E-state index >= 15 is 0 Å². The van der Waals surface area contributed by atoms with E-state index in [-0.39, 0.29) is 18.1 Å². The molecule has 2 aromatic rings. The average molecular weight is 339 g/mol. The van der Waals surface area contributed by atoms with Crippen LogP contribution in [-0.2, 0) is 11.2 Å². The van der Waals surface area contributed by atoms with E-state index in [0.717, 1.165) is 23.5 Å². The number of anilines is 3. The molecule has 0 radical (unpaired) electrons. The molecule has 0 aliphatic carbocycles. The molecule has 5 nitrogen and oxygen atoms in total. The van der Waals surface area contributed by atoms with Gasteiger partial charge in [-0.2, -0.15) is 0 Å². The van der Waals surface area contributed by atoms with Crippen LogP contribution in [0, 0.1) is 0 Å². The average Bonchev–Trinajstić information content (AvgIpc) is 2.55. The van der Waals surface area contributed by atoms with Crippen molar-refractivity contribution in [2.45, 2.75) is 32.8 Å². The van der Waals surface area contributed by atoms with E-state index in [9.17, 15) is 4.79 Å². The summed E-state index contributed by atoms with van der Waals surface area (Å²) >= 11 is 0. The molecule has 0 atom stereocenters. The predicted octanol–water partition coefficient (Wildman–Crippen LogP) is 3.45. The summed E-state index contributed by atoms with van der Waals surface area (Å²) < 4.78 is 6.00. The molecule has 1 aliphatic heterocycles. The minimum absolute atomic E-state index is 0.0599. The second-order valence-electron chi connectivity index (χ2n) is 7.04. The van der Waals surface area contributed by atoms with E-state index in [1.807, 2.05) is 61.2 Å². The van der Waals surface area contributed by atoms with Crippen molar-refractivity contribution in [3.8, 4) is 5.75 Å². The molecule has 0 fully saturated rings. The number of nitrogen functional groups attached to an aromatic ring is 1. The molecule has 3 rings (SSSR count). The maximum Gasteiger partial charge on any atom is 0.243 e. The molecule has 1 heterocycles. The van der Waals surface area contributed by atoms with E-state index in [1.54, 1.807) is 0 Å². The summed E-state index contributed by atoms with van der Waals surface area (Å²) in [7, 11) is 0. The fraction of sp³-hybridized carbons (Fsp3) is 0.350. The molecule has 0 bridgehead atoms. The third-order valence-electron chi connectivity index (χ3n) is 4.26. The van der Waals surface area contributed by atoms with Crippen molar-refractivity contribution < 1.29 is 9.53 Å². The lowest BCUT2D eigenvalue weighted by molar-refractivity contribution is -0.115. The molecule has 0 unspecified atom stereocenters. The lowest BCUT2D eigenvalue weighted by Crippen LogP contribution is -2.49. The van der Waals surface area contributed by atoms with Gasteiger partial charge < -0.3 is 20.7 Å². The number of fused-ring (bicyclic) bond motifs is 1. The van der Waals surface area contributed by atoms with Gasteiger partial charge in [0.2, 0.25) is 5.91 Å². The molecule has 3 N–H and O–H groups in total. The smallest absolute Gasteiger partial charge is 0.243 e. The van der Waals surface area contributed by atoms with E-state index in [0.29, 0.717) is 12.2 Å². The Morgan fingerprint density at radius 3 is 2.64 bits per heavy atom. The largest absolute Gasteiger partial charge is 0.484 e. The number of nitrogens with zero attached hydrogens (tertiary/aromatic N) is 1. The summed E-state index contributed by atoms with van der Waals surface area (Å²) in [5.74, 6) is 0.695.